The summed E-state index contributed by atoms with van der Waals surface area (Å²) in [5.41, 5.74) is 1.45. The second-order valence-electron chi connectivity index (χ2n) is 9.38. The molecule has 2 aliphatic rings. The topological polar surface area (TPSA) is 55.8 Å². The van der Waals surface area contributed by atoms with Gasteiger partial charge in [0.05, 0.1) is 12.7 Å². The van der Waals surface area contributed by atoms with E-state index in [0.717, 1.165) is 32.1 Å². The van der Waals surface area contributed by atoms with Gasteiger partial charge in [-0.2, -0.15) is 0 Å². The predicted octanol–water partition coefficient (Wildman–Crippen LogP) is 4.35. The number of hydrogen-bond acceptors (Lipinski definition) is 4. The molecule has 1 saturated carbocycles. The first-order valence-electron chi connectivity index (χ1n) is 10.0. The van der Waals surface area contributed by atoms with Crippen molar-refractivity contribution in [2.45, 2.75) is 78.0 Å². The van der Waals surface area contributed by atoms with E-state index in [1.54, 1.807) is 0 Å². The molecule has 0 heterocycles. The molecule has 26 heavy (non-hydrogen) atoms. The third-order valence-corrected chi connectivity index (χ3v) is 6.99. The highest BCUT2D eigenvalue weighted by Gasteiger charge is 2.58. The van der Waals surface area contributed by atoms with Crippen molar-refractivity contribution in [3.05, 3.63) is 11.6 Å². The maximum atomic E-state index is 11.3. The van der Waals surface area contributed by atoms with Crippen molar-refractivity contribution < 1.29 is 19.1 Å². The number of ether oxygens (including phenoxy) is 1. The predicted molar refractivity (Wildman–Crippen MR) is 106 cm³/mol. The fourth-order valence-electron chi connectivity index (χ4n) is 5.09. The van der Waals surface area contributed by atoms with Crippen LogP contribution in [0.4, 0.5) is 0 Å². The summed E-state index contributed by atoms with van der Waals surface area (Å²) >= 11 is 0. The van der Waals surface area contributed by atoms with Crippen LogP contribution in [0.3, 0.4) is 0 Å². The number of allylic oxidation sites excluding steroid dienone is 1. The Balaban J connectivity index is 2.11. The summed E-state index contributed by atoms with van der Waals surface area (Å²) in [4.78, 5) is 11.3. The van der Waals surface area contributed by atoms with Gasteiger partial charge in [0.25, 0.3) is 0 Å². The molecule has 0 aromatic rings. The van der Waals surface area contributed by atoms with E-state index in [2.05, 4.69) is 39.9 Å². The van der Waals surface area contributed by atoms with Crippen LogP contribution in [0.15, 0.2) is 11.6 Å². The number of aliphatic hydroxyl groups is 1. The number of esters is 1. The van der Waals surface area contributed by atoms with Gasteiger partial charge in [0, 0.05) is 13.0 Å². The van der Waals surface area contributed by atoms with E-state index in [-0.39, 0.29) is 23.6 Å². The summed E-state index contributed by atoms with van der Waals surface area (Å²) in [5.74, 6) is 1.06. The molecule has 0 amide bonds. The van der Waals surface area contributed by atoms with Gasteiger partial charge in [-0.3, -0.25) is 4.79 Å². The first-order chi connectivity index (χ1) is 12.1. The number of aliphatic hydroxyl groups excluding tert-OH is 1. The van der Waals surface area contributed by atoms with E-state index >= 15 is 0 Å². The molecule has 5 heteroatoms. The van der Waals surface area contributed by atoms with E-state index in [1.165, 1.54) is 12.7 Å². The summed E-state index contributed by atoms with van der Waals surface area (Å²) in [6.45, 7) is 11.5. The van der Waals surface area contributed by atoms with E-state index in [4.69, 9.17) is 9.16 Å². The van der Waals surface area contributed by atoms with Gasteiger partial charge in [-0.25, -0.2) is 0 Å². The first-order valence-corrected chi connectivity index (χ1v) is 12.4. The Morgan fingerprint density at radius 1 is 1.35 bits per heavy atom. The lowest BCUT2D eigenvalue weighted by Gasteiger charge is -2.33. The van der Waals surface area contributed by atoms with Gasteiger partial charge in [0.2, 0.25) is 9.04 Å². The van der Waals surface area contributed by atoms with E-state index in [0.29, 0.717) is 24.2 Å². The number of unbranched alkanes of at least 4 members (excludes halogenated alkanes) is 1. The van der Waals surface area contributed by atoms with Crippen LogP contribution in [0.2, 0.25) is 13.1 Å². The smallest absolute Gasteiger partial charge is 0.305 e. The van der Waals surface area contributed by atoms with Gasteiger partial charge in [-0.1, -0.05) is 32.4 Å². The SMILES string of the molecule is COC(=O)CCCCC1=CC2(O[Si](C)C)CC(C(C)(C)C)C(CO)C2C1. The molecule has 0 saturated heterocycles. The molecule has 2 rings (SSSR count). The minimum Gasteiger partial charge on any atom is -0.469 e. The van der Waals surface area contributed by atoms with Crippen molar-refractivity contribution in [3.8, 4) is 0 Å². The van der Waals surface area contributed by atoms with Gasteiger partial charge >= 0.3 is 5.97 Å². The Kier molecular flexibility index (Phi) is 7.14. The molecule has 0 spiro atoms. The van der Waals surface area contributed by atoms with E-state index in [1.807, 2.05) is 0 Å². The van der Waals surface area contributed by atoms with Crippen LogP contribution >= 0.6 is 0 Å². The molecule has 4 atom stereocenters. The maximum Gasteiger partial charge on any atom is 0.305 e. The summed E-state index contributed by atoms with van der Waals surface area (Å²) in [7, 11) is 0.615. The van der Waals surface area contributed by atoms with Gasteiger partial charge in [0.1, 0.15) is 0 Å². The quantitative estimate of drug-likeness (QED) is 0.294. The lowest BCUT2D eigenvalue weighted by atomic mass is 9.73. The second-order valence-corrected chi connectivity index (χ2v) is 11.4. The lowest BCUT2D eigenvalue weighted by molar-refractivity contribution is -0.140. The number of fused-ring (bicyclic) bond motifs is 1. The van der Waals surface area contributed by atoms with E-state index < -0.39 is 9.04 Å². The number of carbonyl (C=O) groups excluding carboxylic acids is 1. The van der Waals surface area contributed by atoms with Gasteiger partial charge in [0.15, 0.2) is 0 Å². The third kappa shape index (κ3) is 4.79. The highest BCUT2D eigenvalue weighted by molar-refractivity contribution is 6.48. The molecule has 1 N–H and O–H groups in total. The monoisotopic (exact) mass is 381 g/mol. The van der Waals surface area contributed by atoms with Crippen LogP contribution in [0.1, 0.15) is 59.3 Å². The third-order valence-electron chi connectivity index (χ3n) is 6.20. The zero-order chi connectivity index (χ0) is 19.5. The normalized spacial score (nSPS) is 31.2. The van der Waals surface area contributed by atoms with Crippen LogP contribution in [0.25, 0.3) is 0 Å². The highest BCUT2D eigenvalue weighted by atomic mass is 28.3. The van der Waals surface area contributed by atoms with Crippen molar-refractivity contribution in [1.29, 1.82) is 0 Å². The fraction of sp³-hybridized carbons (Fsp3) is 0.857. The molecule has 4 nitrogen and oxygen atoms in total. The zero-order valence-corrected chi connectivity index (χ0v) is 18.4. The molecule has 2 aliphatic carbocycles. The molecule has 4 unspecified atom stereocenters. The number of methoxy groups -OCH3 is 1. The Morgan fingerprint density at radius 2 is 2.04 bits per heavy atom. The molecule has 0 bridgehead atoms. The molecule has 1 fully saturated rings. The van der Waals surface area contributed by atoms with Gasteiger partial charge in [-0.05, 0) is 68.4 Å². The van der Waals surface area contributed by atoms with Crippen molar-refractivity contribution in [1.82, 2.24) is 0 Å². The van der Waals surface area contributed by atoms with E-state index in [9.17, 15) is 9.90 Å². The van der Waals surface area contributed by atoms with Crippen LogP contribution in [-0.4, -0.2) is 39.4 Å². The molecular formula is C21H37O4Si. The Hall–Kier alpha value is -0.653. The average molecular weight is 382 g/mol. The Labute approximate surface area is 161 Å². The van der Waals surface area contributed by atoms with Crippen molar-refractivity contribution >= 4 is 15.0 Å². The van der Waals surface area contributed by atoms with Crippen LogP contribution in [0.5, 0.6) is 0 Å². The molecule has 0 aromatic carbocycles. The minimum absolute atomic E-state index is 0.125. The molecule has 149 valence electrons. The largest absolute Gasteiger partial charge is 0.469 e. The molecule has 0 aromatic heterocycles. The van der Waals surface area contributed by atoms with Gasteiger partial charge in [-0.15, -0.1) is 0 Å². The van der Waals surface area contributed by atoms with Crippen LogP contribution < -0.4 is 0 Å². The molecule has 0 aliphatic heterocycles. The Morgan fingerprint density at radius 3 is 2.58 bits per heavy atom. The highest BCUT2D eigenvalue weighted by Crippen LogP contribution is 2.59. The summed E-state index contributed by atoms with van der Waals surface area (Å²) < 4.78 is 11.3. The molecule has 1 radical (unpaired) electrons. The van der Waals surface area contributed by atoms with Gasteiger partial charge < -0.3 is 14.3 Å². The average Bonchev–Trinajstić information content (AvgIpc) is 3.01. The summed E-state index contributed by atoms with van der Waals surface area (Å²) in [6.07, 6.45) is 7.85. The Bertz CT molecular complexity index is 523. The van der Waals surface area contributed by atoms with Crippen molar-refractivity contribution in [2.75, 3.05) is 13.7 Å². The minimum atomic E-state index is -0.829. The van der Waals surface area contributed by atoms with Crippen LogP contribution in [-0.2, 0) is 14.0 Å². The number of rotatable bonds is 8. The van der Waals surface area contributed by atoms with Crippen LogP contribution in [0, 0.1) is 23.2 Å². The maximum absolute atomic E-state index is 11.3. The van der Waals surface area contributed by atoms with Crippen molar-refractivity contribution in [3.63, 3.8) is 0 Å². The molecular weight excluding hydrogens is 344 g/mol. The lowest BCUT2D eigenvalue weighted by Crippen LogP contribution is -2.37. The van der Waals surface area contributed by atoms with Crippen molar-refractivity contribution in [2.24, 2.45) is 23.2 Å². The fourth-order valence-corrected chi connectivity index (χ4v) is 6.15. The second kappa shape index (κ2) is 8.57. The number of carbonyl (C=O) groups is 1. The summed E-state index contributed by atoms with van der Waals surface area (Å²) in [6, 6.07) is 0. The summed E-state index contributed by atoms with van der Waals surface area (Å²) in [5, 5.41) is 10.2. The first kappa shape index (κ1) is 21.6. The zero-order valence-electron chi connectivity index (χ0n) is 17.4. The number of hydrogen-bond donors (Lipinski definition) is 1. The standard InChI is InChI=1S/C21H37O4Si/c1-20(2,3)18-13-21(25-26(5)6)12-15(11-17(21)16(18)14-22)9-7-8-10-19(23)24-4/h12,16-18,22H,7-11,13-14H2,1-6H3.